The van der Waals surface area contributed by atoms with E-state index in [1.54, 1.807) is 16.4 Å². The van der Waals surface area contributed by atoms with E-state index in [1.165, 1.54) is 19.1 Å². The highest BCUT2D eigenvalue weighted by atomic mass is 32.2. The highest BCUT2D eigenvalue weighted by Gasteiger charge is 2.35. The third kappa shape index (κ3) is 3.51. The number of hydrogen-bond acceptors (Lipinski definition) is 4. The van der Waals surface area contributed by atoms with Gasteiger partial charge in [-0.1, -0.05) is 12.1 Å². The van der Waals surface area contributed by atoms with Gasteiger partial charge in [0.25, 0.3) is 0 Å². The molecule has 1 atom stereocenters. The van der Waals surface area contributed by atoms with Crippen LogP contribution in [0.3, 0.4) is 0 Å². The average Bonchev–Trinajstić information content (AvgIpc) is 2.86. The zero-order valence-electron chi connectivity index (χ0n) is 12.7. The lowest BCUT2D eigenvalue weighted by Gasteiger charge is -2.26. The second-order valence-corrected chi connectivity index (χ2v) is 7.65. The number of sulfonamides is 1. The van der Waals surface area contributed by atoms with Crippen LogP contribution >= 0.6 is 0 Å². The molecule has 6 heteroatoms. The molecule has 2 rings (SSSR count). The predicted octanol–water partition coefficient (Wildman–Crippen LogP) is 1.60. The average molecular weight is 310 g/mol. The van der Waals surface area contributed by atoms with Gasteiger partial charge >= 0.3 is 0 Å². The lowest BCUT2D eigenvalue weighted by Crippen LogP contribution is -2.41. The van der Waals surface area contributed by atoms with Crippen molar-refractivity contribution < 1.29 is 13.2 Å². The molecule has 1 heterocycles. The Balaban J connectivity index is 2.26. The quantitative estimate of drug-likeness (QED) is 0.775. The molecular formula is C15H22N2O3S. The molecule has 1 aromatic carbocycles. The van der Waals surface area contributed by atoms with Gasteiger partial charge in [-0.2, -0.15) is 4.31 Å². The Labute approximate surface area is 126 Å². The zero-order chi connectivity index (χ0) is 15.6. The Morgan fingerprint density at radius 1 is 1.29 bits per heavy atom. The summed E-state index contributed by atoms with van der Waals surface area (Å²) in [7, 11) is 0.418. The molecule has 0 bridgehead atoms. The first-order valence-electron chi connectivity index (χ1n) is 7.10. The predicted molar refractivity (Wildman–Crippen MR) is 81.9 cm³/mol. The maximum atomic E-state index is 12.7. The van der Waals surface area contributed by atoms with Crippen LogP contribution in [0.5, 0.6) is 0 Å². The minimum atomic E-state index is -3.48. The minimum Gasteiger partial charge on any atom is -0.308 e. The molecular weight excluding hydrogens is 288 g/mol. The molecule has 1 aromatic rings. The third-order valence-electron chi connectivity index (χ3n) is 3.77. The molecule has 21 heavy (non-hydrogen) atoms. The van der Waals surface area contributed by atoms with E-state index in [4.69, 9.17) is 0 Å². The van der Waals surface area contributed by atoms with Crippen molar-refractivity contribution in [1.82, 2.24) is 9.21 Å². The number of carbonyl (C=O) groups is 1. The summed E-state index contributed by atoms with van der Waals surface area (Å²) >= 11 is 0. The third-order valence-corrected chi connectivity index (χ3v) is 5.73. The van der Waals surface area contributed by atoms with Gasteiger partial charge in [-0.05, 0) is 46.0 Å². The second-order valence-electron chi connectivity index (χ2n) is 5.75. The molecule has 0 saturated carbocycles. The standard InChI is InChI=1S/C15H22N2O3S/c1-12(18)13-6-8-15(9-7-13)21(19,20)17-10-4-5-14(17)11-16(2)3/h6-9,14H,4-5,10-11H2,1-3H3. The molecule has 1 aliphatic rings. The summed E-state index contributed by atoms with van der Waals surface area (Å²) < 4.78 is 27.1. The summed E-state index contributed by atoms with van der Waals surface area (Å²) in [4.78, 5) is 13.5. The number of ketones is 1. The second kappa shape index (κ2) is 6.25. The summed E-state index contributed by atoms with van der Waals surface area (Å²) in [5.41, 5.74) is 0.528. The van der Waals surface area contributed by atoms with Crippen molar-refractivity contribution in [3.63, 3.8) is 0 Å². The number of benzene rings is 1. The summed E-state index contributed by atoms with van der Waals surface area (Å²) in [5, 5.41) is 0. The van der Waals surface area contributed by atoms with Gasteiger partial charge in [-0.15, -0.1) is 0 Å². The van der Waals surface area contributed by atoms with Gasteiger partial charge in [0.15, 0.2) is 5.78 Å². The van der Waals surface area contributed by atoms with Gasteiger partial charge in [-0.3, -0.25) is 4.79 Å². The van der Waals surface area contributed by atoms with Gasteiger partial charge in [0, 0.05) is 24.7 Å². The Morgan fingerprint density at radius 2 is 1.90 bits per heavy atom. The van der Waals surface area contributed by atoms with Gasteiger partial charge in [0.2, 0.25) is 10.0 Å². The first-order chi connectivity index (χ1) is 9.82. The number of carbonyl (C=O) groups excluding carboxylic acids is 1. The molecule has 1 aliphatic heterocycles. The number of hydrogen-bond donors (Lipinski definition) is 0. The Kier molecular flexibility index (Phi) is 4.81. The SMILES string of the molecule is CC(=O)c1ccc(S(=O)(=O)N2CCCC2CN(C)C)cc1. The zero-order valence-corrected chi connectivity index (χ0v) is 13.6. The highest BCUT2D eigenvalue weighted by molar-refractivity contribution is 7.89. The van der Waals surface area contributed by atoms with Crippen LogP contribution in [0.4, 0.5) is 0 Å². The summed E-state index contributed by atoms with van der Waals surface area (Å²) in [6, 6.07) is 6.23. The molecule has 1 saturated heterocycles. The molecule has 5 nitrogen and oxygen atoms in total. The van der Waals surface area contributed by atoms with E-state index >= 15 is 0 Å². The largest absolute Gasteiger partial charge is 0.308 e. The normalized spacial score (nSPS) is 20.1. The van der Waals surface area contributed by atoms with E-state index in [0.717, 1.165) is 19.4 Å². The van der Waals surface area contributed by atoms with Crippen LogP contribution < -0.4 is 0 Å². The van der Waals surface area contributed by atoms with Crippen LogP contribution in [0.2, 0.25) is 0 Å². The molecule has 116 valence electrons. The fourth-order valence-corrected chi connectivity index (χ4v) is 4.41. The maximum Gasteiger partial charge on any atom is 0.243 e. The lowest BCUT2D eigenvalue weighted by atomic mass is 10.2. The lowest BCUT2D eigenvalue weighted by molar-refractivity contribution is 0.101. The summed E-state index contributed by atoms with van der Waals surface area (Å²) in [5.74, 6) is -0.0643. The van der Waals surface area contributed by atoms with E-state index in [0.29, 0.717) is 12.1 Å². The van der Waals surface area contributed by atoms with Crippen molar-refractivity contribution in [2.75, 3.05) is 27.2 Å². The molecule has 0 spiro atoms. The minimum absolute atomic E-state index is 0.0254. The van der Waals surface area contributed by atoms with Crippen molar-refractivity contribution >= 4 is 15.8 Å². The molecule has 0 N–H and O–H groups in total. The Hall–Kier alpha value is -1.24. The van der Waals surface area contributed by atoms with Gasteiger partial charge in [-0.25, -0.2) is 8.42 Å². The topological polar surface area (TPSA) is 57.7 Å². The number of likely N-dealkylation sites (N-methyl/N-ethyl adjacent to an activating group) is 1. The summed E-state index contributed by atoms with van der Waals surface area (Å²) in [6.45, 7) is 2.76. The molecule has 0 amide bonds. The molecule has 0 radical (unpaired) electrons. The molecule has 0 aliphatic carbocycles. The monoisotopic (exact) mass is 310 g/mol. The van der Waals surface area contributed by atoms with Gasteiger partial charge in [0.05, 0.1) is 4.90 Å². The van der Waals surface area contributed by atoms with E-state index in [1.807, 2.05) is 19.0 Å². The molecule has 0 aromatic heterocycles. The van der Waals surface area contributed by atoms with Crippen LogP contribution in [0.25, 0.3) is 0 Å². The van der Waals surface area contributed by atoms with Gasteiger partial charge in [0.1, 0.15) is 0 Å². The van der Waals surface area contributed by atoms with Crippen LogP contribution in [0.1, 0.15) is 30.1 Å². The van der Waals surface area contributed by atoms with Crippen molar-refractivity contribution in [1.29, 1.82) is 0 Å². The van der Waals surface area contributed by atoms with E-state index in [-0.39, 0.29) is 16.7 Å². The van der Waals surface area contributed by atoms with Gasteiger partial charge < -0.3 is 4.90 Å². The van der Waals surface area contributed by atoms with Crippen molar-refractivity contribution in [2.45, 2.75) is 30.7 Å². The highest BCUT2D eigenvalue weighted by Crippen LogP contribution is 2.26. The van der Waals surface area contributed by atoms with Crippen LogP contribution in [0, 0.1) is 0 Å². The number of Topliss-reactive ketones (excluding diaryl/α,β-unsaturated/α-hetero) is 1. The van der Waals surface area contributed by atoms with Crippen molar-refractivity contribution in [2.24, 2.45) is 0 Å². The molecule has 1 fully saturated rings. The number of rotatable bonds is 5. The van der Waals surface area contributed by atoms with Crippen LogP contribution in [0.15, 0.2) is 29.2 Å². The molecule has 1 unspecified atom stereocenters. The van der Waals surface area contributed by atoms with Crippen molar-refractivity contribution in [3.05, 3.63) is 29.8 Å². The fraction of sp³-hybridized carbons (Fsp3) is 0.533. The van der Waals surface area contributed by atoms with E-state index in [2.05, 4.69) is 0 Å². The smallest absolute Gasteiger partial charge is 0.243 e. The van der Waals surface area contributed by atoms with E-state index in [9.17, 15) is 13.2 Å². The van der Waals surface area contributed by atoms with E-state index < -0.39 is 10.0 Å². The first kappa shape index (κ1) is 16.1. The Bertz CT molecular complexity index is 608. The fourth-order valence-electron chi connectivity index (χ4n) is 2.73. The number of nitrogens with zero attached hydrogens (tertiary/aromatic N) is 2. The van der Waals surface area contributed by atoms with Crippen LogP contribution in [-0.2, 0) is 10.0 Å². The van der Waals surface area contributed by atoms with Crippen molar-refractivity contribution in [3.8, 4) is 0 Å². The van der Waals surface area contributed by atoms with Crippen LogP contribution in [-0.4, -0.2) is 56.6 Å². The maximum absolute atomic E-state index is 12.7. The first-order valence-corrected chi connectivity index (χ1v) is 8.54. The Morgan fingerprint density at radius 3 is 2.43 bits per heavy atom. The summed E-state index contributed by atoms with van der Waals surface area (Å²) in [6.07, 6.45) is 1.78.